The summed E-state index contributed by atoms with van der Waals surface area (Å²) in [6.45, 7) is 2.29. The van der Waals surface area contributed by atoms with Crippen LogP contribution in [0.1, 0.15) is 6.92 Å². The van der Waals surface area contributed by atoms with Gasteiger partial charge in [0.05, 0.1) is 18.6 Å². The summed E-state index contributed by atoms with van der Waals surface area (Å²) in [7, 11) is 0. The largest absolute Gasteiger partial charge is 0.494 e. The Kier molecular flexibility index (Phi) is 5.61. The third kappa shape index (κ3) is 4.78. The van der Waals surface area contributed by atoms with Crippen LogP contribution < -0.4 is 15.6 Å². The third-order valence-corrected chi connectivity index (χ3v) is 3.78. The molecule has 0 saturated carbocycles. The molecule has 0 bridgehead atoms. The summed E-state index contributed by atoms with van der Waals surface area (Å²) in [6.07, 6.45) is 1.30. The molecule has 0 aliphatic carbocycles. The molecule has 0 radical (unpaired) electrons. The van der Waals surface area contributed by atoms with Gasteiger partial charge in [-0.1, -0.05) is 0 Å². The average Bonchev–Trinajstić information content (AvgIpc) is 2.66. The summed E-state index contributed by atoms with van der Waals surface area (Å²) >= 11 is 0. The molecule has 0 aliphatic rings. The Balaban J connectivity index is 1.67. The fourth-order valence-corrected chi connectivity index (χ4v) is 2.48. The zero-order valence-corrected chi connectivity index (χ0v) is 14.7. The third-order valence-electron chi connectivity index (χ3n) is 3.78. The van der Waals surface area contributed by atoms with E-state index < -0.39 is 0 Å². The predicted octanol–water partition coefficient (Wildman–Crippen LogP) is 3.09. The number of anilines is 1. The second kappa shape index (κ2) is 8.27. The van der Waals surface area contributed by atoms with Crippen molar-refractivity contribution in [3.8, 4) is 17.0 Å². The van der Waals surface area contributed by atoms with Crippen molar-refractivity contribution < 1.29 is 13.9 Å². The highest BCUT2D eigenvalue weighted by atomic mass is 19.1. The molecule has 0 atom stereocenters. The lowest BCUT2D eigenvalue weighted by atomic mass is 10.1. The summed E-state index contributed by atoms with van der Waals surface area (Å²) in [5.41, 5.74) is 1.28. The molecule has 0 saturated heterocycles. The number of benzene rings is 2. The van der Waals surface area contributed by atoms with Crippen molar-refractivity contribution in [1.29, 1.82) is 0 Å². The number of hydrogen-bond acceptors (Lipinski definition) is 4. The Morgan fingerprint density at radius 2 is 1.85 bits per heavy atom. The molecule has 0 fully saturated rings. The molecule has 3 rings (SSSR count). The standard InChI is InChI=1S/C20H18FN3O3/c1-2-27-17-9-7-16(8-10-17)23-19(25)12-24-13-22-18(11-20(24)26)14-3-5-15(21)6-4-14/h3-11,13H,2,12H2,1H3,(H,23,25). The summed E-state index contributed by atoms with van der Waals surface area (Å²) in [5.74, 6) is 0.00273. The van der Waals surface area contributed by atoms with E-state index >= 15 is 0 Å². The maximum atomic E-state index is 13.0. The summed E-state index contributed by atoms with van der Waals surface area (Å²) in [4.78, 5) is 28.6. The zero-order valence-electron chi connectivity index (χ0n) is 14.7. The van der Waals surface area contributed by atoms with Crippen LogP contribution in [0.2, 0.25) is 0 Å². The van der Waals surface area contributed by atoms with Gasteiger partial charge in [0.25, 0.3) is 5.56 Å². The predicted molar refractivity (Wildman–Crippen MR) is 100 cm³/mol. The van der Waals surface area contributed by atoms with Crippen molar-refractivity contribution in [3.63, 3.8) is 0 Å². The first-order chi connectivity index (χ1) is 13.0. The number of carbonyl (C=O) groups excluding carboxylic acids is 1. The van der Waals surface area contributed by atoms with Crippen molar-refractivity contribution in [2.45, 2.75) is 13.5 Å². The number of hydrogen-bond donors (Lipinski definition) is 1. The van der Waals surface area contributed by atoms with Gasteiger partial charge in [0, 0.05) is 17.3 Å². The van der Waals surface area contributed by atoms with Gasteiger partial charge in [-0.05, 0) is 55.5 Å². The zero-order chi connectivity index (χ0) is 19.2. The van der Waals surface area contributed by atoms with Crippen LogP contribution in [0.5, 0.6) is 5.75 Å². The van der Waals surface area contributed by atoms with Gasteiger partial charge in [0.15, 0.2) is 0 Å². The van der Waals surface area contributed by atoms with E-state index in [1.54, 1.807) is 36.4 Å². The van der Waals surface area contributed by atoms with Crippen LogP contribution >= 0.6 is 0 Å². The molecule has 2 aromatic carbocycles. The van der Waals surface area contributed by atoms with Gasteiger partial charge in [-0.25, -0.2) is 9.37 Å². The molecule has 138 valence electrons. The van der Waals surface area contributed by atoms with E-state index in [-0.39, 0.29) is 23.8 Å². The highest BCUT2D eigenvalue weighted by molar-refractivity contribution is 5.90. The maximum Gasteiger partial charge on any atom is 0.254 e. The van der Waals surface area contributed by atoms with Crippen molar-refractivity contribution in [3.05, 3.63) is 77.1 Å². The Morgan fingerprint density at radius 1 is 1.15 bits per heavy atom. The van der Waals surface area contributed by atoms with Crippen molar-refractivity contribution in [2.75, 3.05) is 11.9 Å². The first kappa shape index (κ1) is 18.3. The molecule has 0 unspecified atom stereocenters. The molecule has 0 spiro atoms. The first-order valence-corrected chi connectivity index (χ1v) is 8.40. The summed E-state index contributed by atoms with van der Waals surface area (Å²) < 4.78 is 19.5. The molecule has 1 aromatic heterocycles. The topological polar surface area (TPSA) is 73.2 Å². The second-order valence-corrected chi connectivity index (χ2v) is 5.75. The Bertz CT molecular complexity index is 983. The minimum Gasteiger partial charge on any atom is -0.494 e. The van der Waals surface area contributed by atoms with Gasteiger partial charge < -0.3 is 10.1 Å². The molecular formula is C20H18FN3O3. The minimum atomic E-state index is -0.369. The maximum absolute atomic E-state index is 13.0. The monoisotopic (exact) mass is 367 g/mol. The van der Waals surface area contributed by atoms with Crippen LogP contribution in [0.25, 0.3) is 11.3 Å². The van der Waals surface area contributed by atoms with E-state index in [9.17, 15) is 14.0 Å². The molecule has 1 N–H and O–H groups in total. The second-order valence-electron chi connectivity index (χ2n) is 5.75. The average molecular weight is 367 g/mol. The summed E-state index contributed by atoms with van der Waals surface area (Å²) in [5, 5.41) is 2.72. The number of nitrogens with one attached hydrogen (secondary N) is 1. The Hall–Kier alpha value is -3.48. The number of halogens is 1. The highest BCUT2D eigenvalue weighted by Crippen LogP contribution is 2.16. The van der Waals surface area contributed by atoms with E-state index in [4.69, 9.17) is 4.74 Å². The van der Waals surface area contributed by atoms with Crippen LogP contribution in [0.4, 0.5) is 10.1 Å². The number of ether oxygens (including phenoxy) is 1. The summed E-state index contributed by atoms with van der Waals surface area (Å²) in [6, 6.07) is 14.0. The molecule has 1 amide bonds. The number of nitrogens with zero attached hydrogens (tertiary/aromatic N) is 2. The van der Waals surface area contributed by atoms with E-state index in [0.717, 1.165) is 0 Å². The van der Waals surface area contributed by atoms with Crippen LogP contribution in [0, 0.1) is 5.82 Å². The van der Waals surface area contributed by atoms with Gasteiger partial charge in [-0.2, -0.15) is 0 Å². The van der Waals surface area contributed by atoms with Crippen molar-refractivity contribution in [1.82, 2.24) is 9.55 Å². The van der Waals surface area contributed by atoms with Gasteiger partial charge in [-0.15, -0.1) is 0 Å². The van der Waals surface area contributed by atoms with E-state index in [1.807, 2.05) is 6.92 Å². The quantitative estimate of drug-likeness (QED) is 0.727. The van der Waals surface area contributed by atoms with E-state index in [2.05, 4.69) is 10.3 Å². The van der Waals surface area contributed by atoms with Crippen LogP contribution in [0.15, 0.2) is 65.7 Å². The number of amides is 1. The van der Waals surface area contributed by atoms with Gasteiger partial charge >= 0.3 is 0 Å². The molecule has 27 heavy (non-hydrogen) atoms. The molecular weight excluding hydrogens is 349 g/mol. The number of carbonyl (C=O) groups is 1. The Labute approximate surface area is 155 Å². The smallest absolute Gasteiger partial charge is 0.254 e. The van der Waals surface area contributed by atoms with Crippen molar-refractivity contribution in [2.24, 2.45) is 0 Å². The van der Waals surface area contributed by atoms with Gasteiger partial charge in [-0.3, -0.25) is 14.2 Å². The van der Waals surface area contributed by atoms with E-state index in [1.165, 1.54) is 29.1 Å². The van der Waals surface area contributed by atoms with Crippen LogP contribution in [0.3, 0.4) is 0 Å². The van der Waals surface area contributed by atoms with Gasteiger partial charge in [0.1, 0.15) is 18.1 Å². The molecule has 0 aliphatic heterocycles. The molecule has 6 nitrogen and oxygen atoms in total. The van der Waals surface area contributed by atoms with Crippen LogP contribution in [-0.4, -0.2) is 22.1 Å². The fraction of sp³-hybridized carbons (Fsp3) is 0.150. The number of rotatable bonds is 6. The lowest BCUT2D eigenvalue weighted by Crippen LogP contribution is -2.27. The molecule has 3 aromatic rings. The Morgan fingerprint density at radius 3 is 2.48 bits per heavy atom. The lowest BCUT2D eigenvalue weighted by molar-refractivity contribution is -0.116. The normalized spacial score (nSPS) is 10.4. The molecule has 7 heteroatoms. The first-order valence-electron chi connectivity index (χ1n) is 8.40. The highest BCUT2D eigenvalue weighted by Gasteiger charge is 2.08. The lowest BCUT2D eigenvalue weighted by Gasteiger charge is -2.09. The van der Waals surface area contributed by atoms with Crippen molar-refractivity contribution >= 4 is 11.6 Å². The van der Waals surface area contributed by atoms with Gasteiger partial charge in [0.2, 0.25) is 5.91 Å². The SMILES string of the molecule is CCOc1ccc(NC(=O)Cn2cnc(-c3ccc(F)cc3)cc2=O)cc1. The fourth-order valence-electron chi connectivity index (χ4n) is 2.48. The van der Waals surface area contributed by atoms with E-state index in [0.29, 0.717) is 29.3 Å². The number of aromatic nitrogens is 2. The molecule has 1 heterocycles. The minimum absolute atomic E-state index is 0.164. The van der Waals surface area contributed by atoms with Crippen LogP contribution in [-0.2, 0) is 11.3 Å².